The molecule has 0 bridgehead atoms. The molecule has 0 spiro atoms. The zero-order valence-corrected chi connectivity index (χ0v) is 13.5. The number of esters is 2. The van der Waals surface area contributed by atoms with Gasteiger partial charge in [0, 0.05) is 5.02 Å². The Labute approximate surface area is 135 Å². The van der Waals surface area contributed by atoms with Crippen molar-refractivity contribution >= 4 is 29.6 Å². The second kappa shape index (κ2) is 7.45. The summed E-state index contributed by atoms with van der Waals surface area (Å²) < 4.78 is 10.1. The maximum absolute atomic E-state index is 12.1. The Bertz CT molecular complexity index is 589. The highest BCUT2D eigenvalue weighted by molar-refractivity contribution is 6.30. The number of fused-ring (bicyclic) bond motifs is 1. The van der Waals surface area contributed by atoms with Crippen LogP contribution in [0.15, 0.2) is 23.8 Å². The molecule has 5 heteroatoms. The molecule has 4 nitrogen and oxygen atoms in total. The van der Waals surface area contributed by atoms with Gasteiger partial charge in [-0.1, -0.05) is 23.7 Å². The lowest BCUT2D eigenvalue weighted by atomic mass is 9.85. The standard InChI is InChI=1S/C17H19ClO4/c1-3-21-16(19)15(17(20)22-4-2)13-6-5-12-10-14(18)8-7-11(12)9-13/h7-10,15H,3-6H2,1-2H3. The van der Waals surface area contributed by atoms with Crippen LogP contribution in [0.1, 0.15) is 31.4 Å². The Morgan fingerprint density at radius 3 is 2.36 bits per heavy atom. The summed E-state index contributed by atoms with van der Waals surface area (Å²) in [6.45, 7) is 3.89. The molecule has 0 radical (unpaired) electrons. The molecular weight excluding hydrogens is 304 g/mol. The molecule has 0 saturated carbocycles. The zero-order valence-electron chi connectivity index (χ0n) is 12.7. The summed E-state index contributed by atoms with van der Waals surface area (Å²) in [4.78, 5) is 24.3. The van der Waals surface area contributed by atoms with Gasteiger partial charge < -0.3 is 9.47 Å². The third-order valence-corrected chi connectivity index (χ3v) is 3.78. The number of hydrogen-bond donors (Lipinski definition) is 0. The minimum Gasteiger partial charge on any atom is -0.465 e. The number of benzene rings is 1. The number of carbonyl (C=O) groups is 2. The van der Waals surface area contributed by atoms with Crippen molar-refractivity contribution in [3.05, 3.63) is 39.9 Å². The number of aryl methyl sites for hydroxylation is 1. The van der Waals surface area contributed by atoms with Crippen LogP contribution in [0.5, 0.6) is 0 Å². The molecular formula is C17H19ClO4. The maximum atomic E-state index is 12.1. The Morgan fingerprint density at radius 1 is 1.14 bits per heavy atom. The van der Waals surface area contributed by atoms with E-state index < -0.39 is 17.9 Å². The van der Waals surface area contributed by atoms with E-state index in [4.69, 9.17) is 21.1 Å². The molecule has 0 N–H and O–H groups in total. The summed E-state index contributed by atoms with van der Waals surface area (Å²) in [6.07, 6.45) is 3.21. The van der Waals surface area contributed by atoms with Crippen LogP contribution in [-0.4, -0.2) is 25.2 Å². The molecule has 0 unspecified atom stereocenters. The molecule has 0 aromatic heterocycles. The van der Waals surface area contributed by atoms with Gasteiger partial charge in [0.2, 0.25) is 0 Å². The average molecular weight is 323 g/mol. The predicted molar refractivity (Wildman–Crippen MR) is 84.5 cm³/mol. The first-order valence-corrected chi connectivity index (χ1v) is 7.76. The van der Waals surface area contributed by atoms with Gasteiger partial charge >= 0.3 is 11.9 Å². The van der Waals surface area contributed by atoms with Crippen molar-refractivity contribution in [1.82, 2.24) is 0 Å². The predicted octanol–water partition coefficient (Wildman–Crippen LogP) is 3.41. The highest BCUT2D eigenvalue weighted by Crippen LogP contribution is 2.31. The molecule has 0 amide bonds. The van der Waals surface area contributed by atoms with Crippen molar-refractivity contribution in [3.63, 3.8) is 0 Å². The van der Waals surface area contributed by atoms with Gasteiger partial charge in [-0.15, -0.1) is 0 Å². The van der Waals surface area contributed by atoms with E-state index in [1.165, 1.54) is 0 Å². The van der Waals surface area contributed by atoms with E-state index in [1.807, 2.05) is 18.2 Å². The Morgan fingerprint density at radius 2 is 1.77 bits per heavy atom. The van der Waals surface area contributed by atoms with Crippen LogP contribution in [0.2, 0.25) is 5.02 Å². The van der Waals surface area contributed by atoms with E-state index in [9.17, 15) is 9.59 Å². The Hall–Kier alpha value is -1.81. The molecule has 118 valence electrons. The number of carbonyl (C=O) groups excluding carboxylic acids is 2. The number of rotatable bonds is 5. The fourth-order valence-electron chi connectivity index (χ4n) is 2.56. The van der Waals surface area contributed by atoms with Gasteiger partial charge in [-0.25, -0.2) is 0 Å². The summed E-state index contributed by atoms with van der Waals surface area (Å²) in [6, 6.07) is 5.60. The van der Waals surface area contributed by atoms with Gasteiger partial charge in [0.05, 0.1) is 13.2 Å². The third-order valence-electron chi connectivity index (χ3n) is 3.54. The summed E-state index contributed by atoms with van der Waals surface area (Å²) in [5.41, 5.74) is 2.82. The van der Waals surface area contributed by atoms with Crippen molar-refractivity contribution in [3.8, 4) is 0 Å². The minimum atomic E-state index is -0.983. The summed E-state index contributed by atoms with van der Waals surface area (Å²) in [5.74, 6) is -2.09. The van der Waals surface area contributed by atoms with Crippen LogP contribution < -0.4 is 0 Å². The number of halogens is 1. The van der Waals surface area contributed by atoms with Gasteiger partial charge in [-0.2, -0.15) is 0 Å². The Balaban J connectivity index is 2.33. The van der Waals surface area contributed by atoms with E-state index in [2.05, 4.69) is 0 Å². The second-order valence-electron chi connectivity index (χ2n) is 5.00. The largest absolute Gasteiger partial charge is 0.465 e. The zero-order chi connectivity index (χ0) is 16.1. The lowest BCUT2D eigenvalue weighted by Crippen LogP contribution is -2.30. The average Bonchev–Trinajstić information content (AvgIpc) is 2.48. The van der Waals surface area contributed by atoms with E-state index in [1.54, 1.807) is 19.9 Å². The molecule has 22 heavy (non-hydrogen) atoms. The van der Waals surface area contributed by atoms with Crippen molar-refractivity contribution in [2.45, 2.75) is 26.7 Å². The van der Waals surface area contributed by atoms with Gasteiger partial charge in [0.15, 0.2) is 5.92 Å². The van der Waals surface area contributed by atoms with E-state index in [-0.39, 0.29) is 13.2 Å². The van der Waals surface area contributed by atoms with Crippen molar-refractivity contribution in [1.29, 1.82) is 0 Å². The third kappa shape index (κ3) is 3.69. The highest BCUT2D eigenvalue weighted by atomic mass is 35.5. The van der Waals surface area contributed by atoms with Crippen LogP contribution in [-0.2, 0) is 25.5 Å². The van der Waals surface area contributed by atoms with Crippen molar-refractivity contribution in [2.24, 2.45) is 5.92 Å². The van der Waals surface area contributed by atoms with Crippen LogP contribution in [0, 0.1) is 5.92 Å². The molecule has 0 aliphatic heterocycles. The van der Waals surface area contributed by atoms with Gasteiger partial charge in [0.1, 0.15) is 0 Å². The first-order valence-electron chi connectivity index (χ1n) is 7.39. The molecule has 1 aliphatic rings. The first-order chi connectivity index (χ1) is 10.6. The van der Waals surface area contributed by atoms with E-state index >= 15 is 0 Å². The van der Waals surface area contributed by atoms with Crippen LogP contribution in [0.4, 0.5) is 0 Å². The van der Waals surface area contributed by atoms with Crippen LogP contribution in [0.3, 0.4) is 0 Å². The molecule has 1 aliphatic carbocycles. The molecule has 2 rings (SSSR count). The first kappa shape index (κ1) is 16.6. The highest BCUT2D eigenvalue weighted by Gasteiger charge is 2.34. The summed E-state index contributed by atoms with van der Waals surface area (Å²) in [7, 11) is 0. The quantitative estimate of drug-likeness (QED) is 0.616. The number of ether oxygens (including phenoxy) is 2. The van der Waals surface area contributed by atoms with Crippen LogP contribution >= 0.6 is 11.6 Å². The summed E-state index contributed by atoms with van der Waals surface area (Å²) >= 11 is 5.99. The molecule has 0 atom stereocenters. The number of hydrogen-bond acceptors (Lipinski definition) is 4. The summed E-state index contributed by atoms with van der Waals surface area (Å²) in [5, 5.41) is 0.683. The van der Waals surface area contributed by atoms with E-state index in [0.717, 1.165) is 23.1 Å². The fraction of sp³-hybridized carbons (Fsp3) is 0.412. The second-order valence-corrected chi connectivity index (χ2v) is 5.44. The van der Waals surface area contributed by atoms with Gasteiger partial charge in [-0.05, 0) is 55.5 Å². The fourth-order valence-corrected chi connectivity index (χ4v) is 2.76. The minimum absolute atomic E-state index is 0.230. The van der Waals surface area contributed by atoms with Crippen LogP contribution in [0.25, 0.3) is 6.08 Å². The Kier molecular flexibility index (Phi) is 5.61. The molecule has 0 fully saturated rings. The lowest BCUT2D eigenvalue weighted by Gasteiger charge is -2.22. The molecule has 1 aromatic carbocycles. The normalized spacial score (nSPS) is 13.4. The maximum Gasteiger partial charge on any atom is 0.324 e. The van der Waals surface area contributed by atoms with Crippen molar-refractivity contribution in [2.75, 3.05) is 13.2 Å². The molecule has 0 heterocycles. The molecule has 0 saturated heterocycles. The van der Waals surface area contributed by atoms with Gasteiger partial charge in [0.25, 0.3) is 0 Å². The topological polar surface area (TPSA) is 52.6 Å². The lowest BCUT2D eigenvalue weighted by molar-refractivity contribution is -0.159. The molecule has 1 aromatic rings. The SMILES string of the molecule is CCOC(=O)C(C(=O)OCC)C1=Cc2ccc(Cl)cc2CC1. The van der Waals surface area contributed by atoms with E-state index in [0.29, 0.717) is 11.4 Å². The van der Waals surface area contributed by atoms with Crippen molar-refractivity contribution < 1.29 is 19.1 Å². The monoisotopic (exact) mass is 322 g/mol. The van der Waals surface area contributed by atoms with Gasteiger partial charge in [-0.3, -0.25) is 9.59 Å². The smallest absolute Gasteiger partial charge is 0.324 e.